The van der Waals surface area contributed by atoms with Crippen LogP contribution < -0.4 is 5.84 Å². The summed E-state index contributed by atoms with van der Waals surface area (Å²) in [6, 6.07) is 0. The number of carbonyl (C=O) groups is 1. The van der Waals surface area contributed by atoms with Gasteiger partial charge in [0.15, 0.2) is 5.82 Å². The van der Waals surface area contributed by atoms with Gasteiger partial charge in [-0.05, 0) is 0 Å². The molecule has 1 amide bonds. The summed E-state index contributed by atoms with van der Waals surface area (Å²) >= 11 is 0. The fraction of sp³-hybridized carbons (Fsp3) is 0.250. The van der Waals surface area contributed by atoms with Crippen LogP contribution in [0.5, 0.6) is 0 Å². The standard InChI is InChI=1S/C8H7F4N3O/c1-15(13)7(16)6-4(8(10,11)12)2-14-3-5(6)9/h2-3H,13H2,1H3. The molecular weight excluding hydrogens is 230 g/mol. The summed E-state index contributed by atoms with van der Waals surface area (Å²) in [6.07, 6.45) is -3.97. The third kappa shape index (κ3) is 2.27. The topological polar surface area (TPSA) is 59.2 Å². The highest BCUT2D eigenvalue weighted by Gasteiger charge is 2.37. The second kappa shape index (κ2) is 4.05. The van der Waals surface area contributed by atoms with Crippen LogP contribution in [0.2, 0.25) is 0 Å². The van der Waals surface area contributed by atoms with Crippen molar-refractivity contribution in [1.29, 1.82) is 0 Å². The Balaban J connectivity index is 3.41. The zero-order chi connectivity index (χ0) is 12.5. The Morgan fingerprint density at radius 3 is 2.44 bits per heavy atom. The number of alkyl halides is 3. The third-order valence-electron chi connectivity index (χ3n) is 1.74. The number of pyridine rings is 1. The molecule has 0 saturated heterocycles. The van der Waals surface area contributed by atoms with Gasteiger partial charge < -0.3 is 0 Å². The maximum absolute atomic E-state index is 13.1. The average Bonchev–Trinajstić information content (AvgIpc) is 2.14. The molecule has 8 heteroatoms. The van der Waals surface area contributed by atoms with Crippen molar-refractivity contribution in [3.05, 3.63) is 29.3 Å². The van der Waals surface area contributed by atoms with E-state index in [1.807, 2.05) is 0 Å². The van der Waals surface area contributed by atoms with Gasteiger partial charge in [-0.1, -0.05) is 0 Å². The number of rotatable bonds is 1. The second-order valence-corrected chi connectivity index (χ2v) is 2.96. The Kier molecular flexibility index (Phi) is 3.13. The van der Waals surface area contributed by atoms with Crippen molar-refractivity contribution in [1.82, 2.24) is 9.99 Å². The average molecular weight is 237 g/mol. The number of nitrogens with zero attached hydrogens (tertiary/aromatic N) is 2. The lowest BCUT2D eigenvalue weighted by atomic mass is 10.1. The summed E-state index contributed by atoms with van der Waals surface area (Å²) in [4.78, 5) is 14.3. The summed E-state index contributed by atoms with van der Waals surface area (Å²) in [5.41, 5.74) is -2.58. The van der Waals surface area contributed by atoms with Crippen molar-refractivity contribution in [3.63, 3.8) is 0 Å². The van der Waals surface area contributed by atoms with Crippen LogP contribution in [0.1, 0.15) is 15.9 Å². The van der Waals surface area contributed by atoms with Gasteiger partial charge >= 0.3 is 6.18 Å². The Morgan fingerprint density at radius 2 is 2.00 bits per heavy atom. The molecular formula is C8H7F4N3O. The van der Waals surface area contributed by atoms with E-state index in [4.69, 9.17) is 5.84 Å². The zero-order valence-electron chi connectivity index (χ0n) is 8.05. The lowest BCUT2D eigenvalue weighted by Crippen LogP contribution is -2.35. The summed E-state index contributed by atoms with van der Waals surface area (Å²) in [5.74, 6) is 2.34. The van der Waals surface area contributed by atoms with E-state index < -0.39 is 29.0 Å². The van der Waals surface area contributed by atoms with Crippen LogP contribution in [0.3, 0.4) is 0 Å². The van der Waals surface area contributed by atoms with Crippen LogP contribution in [0.25, 0.3) is 0 Å². The highest BCUT2D eigenvalue weighted by molar-refractivity contribution is 5.95. The SMILES string of the molecule is CN(N)C(=O)c1c(F)cncc1C(F)(F)F. The van der Waals surface area contributed by atoms with Crippen molar-refractivity contribution in [2.75, 3.05) is 7.05 Å². The van der Waals surface area contributed by atoms with Crippen molar-refractivity contribution in [2.45, 2.75) is 6.18 Å². The number of nitrogens with two attached hydrogens (primary N) is 1. The molecule has 2 N–H and O–H groups in total. The van der Waals surface area contributed by atoms with Crippen LogP contribution >= 0.6 is 0 Å². The van der Waals surface area contributed by atoms with E-state index in [1.54, 1.807) is 0 Å². The second-order valence-electron chi connectivity index (χ2n) is 2.96. The minimum absolute atomic E-state index is 0.369. The van der Waals surface area contributed by atoms with E-state index in [0.717, 1.165) is 7.05 Å². The maximum Gasteiger partial charge on any atom is 0.418 e. The molecule has 16 heavy (non-hydrogen) atoms. The van der Waals surface area contributed by atoms with E-state index in [-0.39, 0.29) is 0 Å². The number of amides is 1. The predicted octanol–water partition coefficient (Wildman–Crippen LogP) is 1.19. The molecule has 0 unspecified atom stereocenters. The van der Waals surface area contributed by atoms with E-state index in [0.29, 0.717) is 17.4 Å². The largest absolute Gasteiger partial charge is 0.418 e. The van der Waals surface area contributed by atoms with Crippen LogP contribution in [-0.2, 0) is 6.18 Å². The van der Waals surface area contributed by atoms with Gasteiger partial charge in [0.05, 0.1) is 17.3 Å². The smallest absolute Gasteiger partial charge is 0.280 e. The van der Waals surface area contributed by atoms with Crippen molar-refractivity contribution < 1.29 is 22.4 Å². The molecule has 88 valence electrons. The van der Waals surface area contributed by atoms with Crippen molar-refractivity contribution >= 4 is 5.91 Å². The van der Waals surface area contributed by atoms with E-state index >= 15 is 0 Å². The van der Waals surface area contributed by atoms with Gasteiger partial charge in [0, 0.05) is 13.2 Å². The molecule has 1 heterocycles. The molecule has 0 atom stereocenters. The summed E-state index contributed by atoms with van der Waals surface area (Å²) in [6.45, 7) is 0. The van der Waals surface area contributed by atoms with Crippen LogP contribution in [0, 0.1) is 5.82 Å². The summed E-state index contributed by atoms with van der Waals surface area (Å²) < 4.78 is 50.4. The van der Waals surface area contributed by atoms with Gasteiger partial charge in [-0.25, -0.2) is 10.2 Å². The van der Waals surface area contributed by atoms with Crippen molar-refractivity contribution in [2.24, 2.45) is 5.84 Å². The molecule has 1 rings (SSSR count). The van der Waals surface area contributed by atoms with Gasteiger partial charge in [-0.15, -0.1) is 0 Å². The first-order valence-electron chi connectivity index (χ1n) is 3.98. The fourth-order valence-electron chi connectivity index (χ4n) is 1.04. The Morgan fingerprint density at radius 1 is 1.44 bits per heavy atom. The summed E-state index contributed by atoms with van der Waals surface area (Å²) in [7, 11) is 1.02. The van der Waals surface area contributed by atoms with E-state index in [2.05, 4.69) is 4.98 Å². The molecule has 0 aliphatic heterocycles. The highest BCUT2D eigenvalue weighted by Crippen LogP contribution is 2.32. The molecule has 4 nitrogen and oxygen atoms in total. The highest BCUT2D eigenvalue weighted by atomic mass is 19.4. The molecule has 0 radical (unpaired) electrons. The first-order valence-corrected chi connectivity index (χ1v) is 3.98. The number of hydrazine groups is 1. The third-order valence-corrected chi connectivity index (χ3v) is 1.74. The molecule has 1 aromatic rings. The minimum Gasteiger partial charge on any atom is -0.280 e. The van der Waals surface area contributed by atoms with Crippen LogP contribution in [0.15, 0.2) is 12.4 Å². The normalized spacial score (nSPS) is 11.4. The van der Waals surface area contributed by atoms with Crippen molar-refractivity contribution in [3.8, 4) is 0 Å². The molecule has 0 bridgehead atoms. The fourth-order valence-corrected chi connectivity index (χ4v) is 1.04. The van der Waals surface area contributed by atoms with Gasteiger partial charge in [0.1, 0.15) is 0 Å². The van der Waals surface area contributed by atoms with Gasteiger partial charge in [-0.3, -0.25) is 14.8 Å². The Labute approximate surface area is 87.6 Å². The number of aromatic nitrogens is 1. The zero-order valence-corrected chi connectivity index (χ0v) is 8.05. The number of halogens is 4. The first-order chi connectivity index (χ1) is 7.25. The first kappa shape index (κ1) is 12.4. The minimum atomic E-state index is -4.86. The molecule has 0 saturated carbocycles. The predicted molar refractivity (Wildman–Crippen MR) is 45.5 cm³/mol. The summed E-state index contributed by atoms with van der Waals surface area (Å²) in [5, 5.41) is 0.369. The maximum atomic E-state index is 13.1. The molecule has 0 spiro atoms. The van der Waals surface area contributed by atoms with Gasteiger partial charge in [0.25, 0.3) is 5.91 Å². The quantitative estimate of drug-likeness (QED) is 0.345. The molecule has 0 fully saturated rings. The van der Waals surface area contributed by atoms with Crippen LogP contribution in [-0.4, -0.2) is 22.9 Å². The molecule has 0 aliphatic rings. The number of hydrogen-bond donors (Lipinski definition) is 1. The lowest BCUT2D eigenvalue weighted by molar-refractivity contribution is -0.138. The molecule has 1 aromatic heterocycles. The van der Waals surface area contributed by atoms with Crippen LogP contribution in [0.4, 0.5) is 17.6 Å². The van der Waals surface area contributed by atoms with E-state index in [9.17, 15) is 22.4 Å². The number of carbonyl (C=O) groups excluding carboxylic acids is 1. The monoisotopic (exact) mass is 237 g/mol. The lowest BCUT2D eigenvalue weighted by Gasteiger charge is -2.15. The number of hydrogen-bond acceptors (Lipinski definition) is 3. The Hall–Kier alpha value is -1.70. The van der Waals surface area contributed by atoms with Gasteiger partial charge in [0.2, 0.25) is 0 Å². The van der Waals surface area contributed by atoms with Gasteiger partial charge in [-0.2, -0.15) is 13.2 Å². The van der Waals surface area contributed by atoms with E-state index in [1.165, 1.54) is 0 Å². The molecule has 0 aliphatic carbocycles. The Bertz CT molecular complexity index is 416. The molecule has 0 aromatic carbocycles.